The normalized spacial score (nSPS) is 11.9. The van der Waals surface area contributed by atoms with Crippen molar-refractivity contribution >= 4 is 33.6 Å². The van der Waals surface area contributed by atoms with Crippen molar-refractivity contribution in [2.75, 3.05) is 5.75 Å². The zero-order chi connectivity index (χ0) is 15.2. The molecule has 1 aromatic heterocycles. The number of nitrogens with zero attached hydrogens (tertiary/aromatic N) is 1. The van der Waals surface area contributed by atoms with E-state index in [0.29, 0.717) is 5.03 Å². The van der Waals surface area contributed by atoms with Gasteiger partial charge in [0, 0.05) is 16.6 Å². The van der Waals surface area contributed by atoms with Gasteiger partial charge in [-0.25, -0.2) is 0 Å². The molecule has 1 atom stereocenters. The molecule has 4 nitrogen and oxygen atoms in total. The summed E-state index contributed by atoms with van der Waals surface area (Å²) in [5.41, 5.74) is 1.04. The van der Waals surface area contributed by atoms with E-state index in [1.165, 1.54) is 18.0 Å². The summed E-state index contributed by atoms with van der Waals surface area (Å²) in [7, 11) is 0. The lowest BCUT2D eigenvalue weighted by Gasteiger charge is -2.14. The molecule has 0 bridgehead atoms. The Morgan fingerprint density at radius 1 is 1.33 bits per heavy atom. The Labute approximate surface area is 136 Å². The first-order valence-corrected chi connectivity index (χ1v) is 8.20. The van der Waals surface area contributed by atoms with Crippen LogP contribution in [0.5, 0.6) is 0 Å². The summed E-state index contributed by atoms with van der Waals surface area (Å²) in [4.78, 5) is 11.9. The van der Waals surface area contributed by atoms with E-state index >= 15 is 0 Å². The number of carbonyl (C=O) groups is 1. The third kappa shape index (κ3) is 4.75. The van der Waals surface area contributed by atoms with Gasteiger partial charge in [0.05, 0.1) is 11.8 Å². The van der Waals surface area contributed by atoms with Gasteiger partial charge >= 0.3 is 0 Å². The van der Waals surface area contributed by atoms with Crippen LogP contribution in [0.25, 0.3) is 0 Å². The molecule has 21 heavy (non-hydrogen) atoms. The molecule has 2 rings (SSSR count). The van der Waals surface area contributed by atoms with Gasteiger partial charge < -0.3 is 10.5 Å². The predicted molar refractivity (Wildman–Crippen MR) is 86.8 cm³/mol. The SMILES string of the molecule is CC(NC(=O)CSc1cccc[n+]1[O-])c1ccc(Br)cc1. The number of thioether (sulfide) groups is 1. The molecule has 0 spiro atoms. The minimum Gasteiger partial charge on any atom is -0.618 e. The van der Waals surface area contributed by atoms with E-state index in [2.05, 4.69) is 21.2 Å². The lowest BCUT2D eigenvalue weighted by atomic mass is 10.1. The predicted octanol–water partition coefficient (Wildman–Crippen LogP) is 3.05. The Bertz CT molecular complexity index is 619. The van der Waals surface area contributed by atoms with E-state index in [1.807, 2.05) is 31.2 Å². The van der Waals surface area contributed by atoms with Gasteiger partial charge in [0.2, 0.25) is 5.91 Å². The number of rotatable bonds is 5. The van der Waals surface area contributed by atoms with Crippen molar-refractivity contribution in [2.24, 2.45) is 0 Å². The van der Waals surface area contributed by atoms with Gasteiger partial charge in [-0.1, -0.05) is 28.1 Å². The summed E-state index contributed by atoms with van der Waals surface area (Å²) < 4.78 is 1.76. The Balaban J connectivity index is 1.87. The molecule has 0 saturated heterocycles. The lowest BCUT2D eigenvalue weighted by molar-refractivity contribution is -0.645. The standard InChI is InChI=1S/C15H15BrN2O2S/c1-11(12-5-7-13(16)8-6-12)17-14(19)10-21-15-4-2-3-9-18(15)20/h2-9,11H,10H2,1H3,(H,17,19). The van der Waals surface area contributed by atoms with Gasteiger partial charge in [-0.05, 0) is 42.4 Å². The number of hydrogen-bond acceptors (Lipinski definition) is 3. The first-order valence-electron chi connectivity index (χ1n) is 6.42. The molecule has 0 saturated carbocycles. The average Bonchev–Trinajstić information content (AvgIpc) is 2.47. The molecule has 0 aliphatic carbocycles. The number of aromatic nitrogens is 1. The van der Waals surface area contributed by atoms with E-state index in [9.17, 15) is 10.0 Å². The largest absolute Gasteiger partial charge is 0.618 e. The summed E-state index contributed by atoms with van der Waals surface area (Å²) >= 11 is 4.61. The second-order valence-corrected chi connectivity index (χ2v) is 6.41. The lowest BCUT2D eigenvalue weighted by Crippen LogP contribution is -2.31. The Morgan fingerprint density at radius 3 is 2.71 bits per heavy atom. The number of carbonyl (C=O) groups excluding carboxylic acids is 1. The van der Waals surface area contributed by atoms with Crippen molar-refractivity contribution in [3.8, 4) is 0 Å². The summed E-state index contributed by atoms with van der Waals surface area (Å²) in [6.45, 7) is 1.93. The van der Waals surface area contributed by atoms with E-state index < -0.39 is 0 Å². The number of hydrogen-bond donors (Lipinski definition) is 1. The van der Waals surface area contributed by atoms with E-state index in [4.69, 9.17) is 0 Å². The van der Waals surface area contributed by atoms with Crippen molar-refractivity contribution in [3.05, 3.63) is 63.9 Å². The van der Waals surface area contributed by atoms with Crippen LogP contribution in [0.1, 0.15) is 18.5 Å². The van der Waals surface area contributed by atoms with Gasteiger partial charge in [-0.2, -0.15) is 4.73 Å². The quantitative estimate of drug-likeness (QED) is 0.502. The third-order valence-corrected chi connectivity index (χ3v) is 4.43. The molecule has 0 fully saturated rings. The van der Waals surface area contributed by atoms with Gasteiger partial charge in [0.25, 0.3) is 5.03 Å². The molecule has 2 aromatic rings. The minimum atomic E-state index is -0.0979. The Hall–Kier alpha value is -1.53. The topological polar surface area (TPSA) is 56.0 Å². The highest BCUT2D eigenvalue weighted by molar-refractivity contribution is 9.10. The molecule has 0 radical (unpaired) electrons. The first-order chi connectivity index (χ1) is 10.1. The highest BCUT2D eigenvalue weighted by Crippen LogP contribution is 2.17. The van der Waals surface area contributed by atoms with Gasteiger partial charge in [0.1, 0.15) is 0 Å². The van der Waals surface area contributed by atoms with Crippen molar-refractivity contribution in [3.63, 3.8) is 0 Å². The third-order valence-electron chi connectivity index (χ3n) is 2.89. The summed E-state index contributed by atoms with van der Waals surface area (Å²) in [5, 5.41) is 14.9. The molecular weight excluding hydrogens is 352 g/mol. The van der Waals surface area contributed by atoms with Crippen molar-refractivity contribution < 1.29 is 9.52 Å². The molecule has 1 N–H and O–H groups in total. The number of pyridine rings is 1. The number of nitrogens with one attached hydrogen (secondary N) is 1. The van der Waals surface area contributed by atoms with Crippen molar-refractivity contribution in [2.45, 2.75) is 18.0 Å². The fraction of sp³-hybridized carbons (Fsp3) is 0.200. The molecule has 1 aromatic carbocycles. The van der Waals surface area contributed by atoms with E-state index in [1.54, 1.807) is 18.2 Å². The van der Waals surface area contributed by atoms with E-state index in [0.717, 1.165) is 14.8 Å². The van der Waals surface area contributed by atoms with Gasteiger partial charge in [-0.3, -0.25) is 4.79 Å². The summed E-state index contributed by atoms with van der Waals surface area (Å²) in [6.07, 6.45) is 1.42. The molecule has 0 aliphatic heterocycles. The van der Waals surface area contributed by atoms with Crippen LogP contribution < -0.4 is 10.0 Å². The maximum atomic E-state index is 11.9. The Kier molecular flexibility index (Phi) is 5.64. The monoisotopic (exact) mass is 366 g/mol. The molecule has 1 unspecified atom stereocenters. The minimum absolute atomic E-state index is 0.0682. The van der Waals surface area contributed by atoms with Crippen LogP contribution in [0, 0.1) is 5.21 Å². The molecule has 110 valence electrons. The maximum absolute atomic E-state index is 11.9. The van der Waals surface area contributed by atoms with E-state index in [-0.39, 0.29) is 17.7 Å². The van der Waals surface area contributed by atoms with Crippen LogP contribution in [0.15, 0.2) is 58.2 Å². The van der Waals surface area contributed by atoms with Crippen LogP contribution in [0.4, 0.5) is 0 Å². The fourth-order valence-corrected chi connectivity index (χ4v) is 2.77. The van der Waals surface area contributed by atoms with Gasteiger partial charge in [0.15, 0.2) is 6.20 Å². The summed E-state index contributed by atoms with van der Waals surface area (Å²) in [5.74, 6) is 0.118. The maximum Gasteiger partial charge on any atom is 0.251 e. The molecule has 6 heteroatoms. The van der Waals surface area contributed by atoms with Gasteiger partial charge in [-0.15, -0.1) is 0 Å². The first kappa shape index (κ1) is 15.9. The van der Waals surface area contributed by atoms with Crippen LogP contribution in [-0.4, -0.2) is 11.7 Å². The highest BCUT2D eigenvalue weighted by atomic mass is 79.9. The smallest absolute Gasteiger partial charge is 0.251 e. The zero-order valence-electron chi connectivity index (χ0n) is 11.5. The average molecular weight is 367 g/mol. The van der Waals surface area contributed by atoms with Crippen LogP contribution >= 0.6 is 27.7 Å². The molecule has 1 amide bonds. The number of halogens is 1. The number of amides is 1. The van der Waals surface area contributed by atoms with Crippen LogP contribution in [-0.2, 0) is 4.79 Å². The highest BCUT2D eigenvalue weighted by Gasteiger charge is 2.12. The Morgan fingerprint density at radius 2 is 2.05 bits per heavy atom. The molecule has 1 heterocycles. The second-order valence-electron chi connectivity index (χ2n) is 4.49. The fourth-order valence-electron chi connectivity index (χ4n) is 1.78. The number of benzene rings is 1. The second kappa shape index (κ2) is 7.47. The van der Waals surface area contributed by atoms with Crippen molar-refractivity contribution in [1.29, 1.82) is 0 Å². The van der Waals surface area contributed by atoms with Crippen LogP contribution in [0.2, 0.25) is 0 Å². The zero-order valence-corrected chi connectivity index (χ0v) is 13.9. The molecular formula is C15H15BrN2O2S. The van der Waals surface area contributed by atoms with Crippen molar-refractivity contribution in [1.82, 2.24) is 5.32 Å². The molecule has 0 aliphatic rings. The summed E-state index contributed by atoms with van der Waals surface area (Å²) in [6, 6.07) is 12.9. The van der Waals surface area contributed by atoms with Crippen LogP contribution in [0.3, 0.4) is 0 Å².